The lowest BCUT2D eigenvalue weighted by atomic mass is 10.1. The summed E-state index contributed by atoms with van der Waals surface area (Å²) in [7, 11) is 3.52. The van der Waals surface area contributed by atoms with Crippen LogP contribution in [-0.4, -0.2) is 17.5 Å². The maximum absolute atomic E-state index is 12.0. The molecule has 0 saturated carbocycles. The molecule has 0 bridgehead atoms. The van der Waals surface area contributed by atoms with Gasteiger partial charge in [-0.2, -0.15) is 0 Å². The van der Waals surface area contributed by atoms with Crippen LogP contribution in [0.1, 0.15) is 10.4 Å². The molecule has 96 valence electrons. The third-order valence-electron chi connectivity index (χ3n) is 2.54. The summed E-state index contributed by atoms with van der Waals surface area (Å²) in [5, 5.41) is 0. The largest absolute Gasteiger partial charge is 1.00 e. The first kappa shape index (κ1) is 14.7. The number of carbonyl (C=O) groups is 1. The van der Waals surface area contributed by atoms with Crippen molar-refractivity contribution < 1.29 is 38.1 Å². The lowest BCUT2D eigenvalue weighted by Gasteiger charge is -2.02. The highest BCUT2D eigenvalue weighted by Crippen LogP contribution is 2.12. The summed E-state index contributed by atoms with van der Waals surface area (Å²) in [6.45, 7) is 0.341. The van der Waals surface area contributed by atoms with E-state index in [2.05, 4.69) is 0 Å². The van der Waals surface area contributed by atoms with Gasteiger partial charge in [-0.3, -0.25) is 4.79 Å². The molecule has 1 aromatic heterocycles. The highest BCUT2D eigenvalue weighted by atomic mass is 127. The molecule has 0 radical (unpaired) electrons. The third-order valence-corrected chi connectivity index (χ3v) is 2.54. The van der Waals surface area contributed by atoms with Gasteiger partial charge in [0.2, 0.25) is 12.1 Å². The Morgan fingerprint density at radius 3 is 2.83 bits per heavy atom. The molecular formula is C13H15IN2O2. The SMILES string of the molecule is COc1cccc(C(=O)C[n+]2ccn(C)c2)c1.[I-]. The van der Waals surface area contributed by atoms with Crippen molar-refractivity contribution in [2.24, 2.45) is 7.05 Å². The van der Waals surface area contributed by atoms with Crippen molar-refractivity contribution in [1.29, 1.82) is 0 Å². The number of benzene rings is 1. The zero-order valence-electron chi connectivity index (χ0n) is 10.3. The fraction of sp³-hybridized carbons (Fsp3) is 0.231. The standard InChI is InChI=1S/C13H15N2O2.HI/c1-14-6-7-15(10-14)9-13(16)11-4-3-5-12(8-11)17-2;/h3-8,10H,9H2,1-2H3;1H/q+1;/p-1. The first-order valence-corrected chi connectivity index (χ1v) is 5.37. The Hall–Kier alpha value is -1.37. The van der Waals surface area contributed by atoms with Gasteiger partial charge in [0.25, 0.3) is 0 Å². The van der Waals surface area contributed by atoms with Gasteiger partial charge >= 0.3 is 0 Å². The molecule has 2 rings (SSSR count). The van der Waals surface area contributed by atoms with Gasteiger partial charge in [0.05, 0.1) is 14.2 Å². The minimum atomic E-state index is 0. The highest BCUT2D eigenvalue weighted by Gasteiger charge is 2.11. The number of ether oxygens (including phenoxy) is 1. The molecule has 0 amide bonds. The monoisotopic (exact) mass is 358 g/mol. The molecule has 1 aromatic carbocycles. The van der Waals surface area contributed by atoms with Crippen LogP contribution < -0.4 is 33.3 Å². The molecule has 0 aliphatic carbocycles. The number of rotatable bonds is 4. The Labute approximate surface area is 123 Å². The van der Waals surface area contributed by atoms with Crippen molar-refractivity contribution in [2.75, 3.05) is 7.11 Å². The smallest absolute Gasteiger partial charge is 0.243 e. The predicted molar refractivity (Wildman–Crippen MR) is 62.9 cm³/mol. The Morgan fingerprint density at radius 1 is 1.44 bits per heavy atom. The van der Waals surface area contributed by atoms with E-state index in [1.54, 1.807) is 19.2 Å². The molecule has 0 unspecified atom stereocenters. The van der Waals surface area contributed by atoms with E-state index in [1.807, 2.05) is 47.0 Å². The molecule has 1 heterocycles. The number of Topliss-reactive ketones (excluding diaryl/α,β-unsaturated/α-hetero) is 1. The number of aromatic nitrogens is 2. The second-order valence-electron chi connectivity index (χ2n) is 3.91. The number of hydrogen-bond donors (Lipinski definition) is 0. The number of imidazole rings is 1. The predicted octanol–water partition coefficient (Wildman–Crippen LogP) is -1.79. The summed E-state index contributed by atoms with van der Waals surface area (Å²) in [5.41, 5.74) is 0.667. The van der Waals surface area contributed by atoms with Gasteiger partial charge in [-0.25, -0.2) is 9.13 Å². The Kier molecular flexibility index (Phi) is 5.33. The quantitative estimate of drug-likeness (QED) is 0.368. The molecule has 0 atom stereocenters. The molecule has 5 heteroatoms. The van der Waals surface area contributed by atoms with Crippen LogP contribution >= 0.6 is 0 Å². The summed E-state index contributed by atoms with van der Waals surface area (Å²) >= 11 is 0. The van der Waals surface area contributed by atoms with Crippen molar-refractivity contribution >= 4 is 5.78 Å². The van der Waals surface area contributed by atoms with Crippen LogP contribution in [0.15, 0.2) is 43.0 Å². The Balaban J connectivity index is 0.00000162. The van der Waals surface area contributed by atoms with Gasteiger partial charge < -0.3 is 28.7 Å². The summed E-state index contributed by atoms with van der Waals surface area (Å²) in [4.78, 5) is 12.0. The highest BCUT2D eigenvalue weighted by molar-refractivity contribution is 5.95. The van der Waals surface area contributed by atoms with Crippen LogP contribution in [0.3, 0.4) is 0 Å². The van der Waals surface area contributed by atoms with E-state index < -0.39 is 0 Å². The number of hydrogen-bond acceptors (Lipinski definition) is 2. The lowest BCUT2D eigenvalue weighted by molar-refractivity contribution is -0.682. The summed E-state index contributed by atoms with van der Waals surface area (Å²) in [5.74, 6) is 0.772. The summed E-state index contributed by atoms with van der Waals surface area (Å²) in [6, 6.07) is 7.20. The molecule has 0 aliphatic rings. The van der Waals surface area contributed by atoms with Gasteiger partial charge in [-0.1, -0.05) is 12.1 Å². The van der Waals surface area contributed by atoms with Crippen molar-refractivity contribution in [1.82, 2.24) is 4.57 Å². The molecule has 0 spiro atoms. The van der Waals surface area contributed by atoms with E-state index in [4.69, 9.17) is 4.74 Å². The first-order chi connectivity index (χ1) is 8.19. The topological polar surface area (TPSA) is 35.1 Å². The average Bonchev–Trinajstić information content (AvgIpc) is 2.75. The van der Waals surface area contributed by atoms with Gasteiger partial charge in [-0.05, 0) is 12.1 Å². The average molecular weight is 358 g/mol. The number of nitrogens with zero attached hydrogens (tertiary/aromatic N) is 2. The first-order valence-electron chi connectivity index (χ1n) is 5.37. The molecule has 2 aromatic rings. The number of methoxy groups -OCH3 is 1. The van der Waals surface area contributed by atoms with Crippen molar-refractivity contribution in [3.8, 4) is 5.75 Å². The minimum Gasteiger partial charge on any atom is -1.00 e. The normalized spacial score (nSPS) is 9.67. The van der Waals surface area contributed by atoms with Crippen LogP contribution in [0.4, 0.5) is 0 Å². The zero-order valence-corrected chi connectivity index (χ0v) is 12.5. The zero-order chi connectivity index (χ0) is 12.3. The van der Waals surface area contributed by atoms with E-state index in [-0.39, 0.29) is 29.8 Å². The Bertz CT molecular complexity index is 537. The fourth-order valence-electron chi connectivity index (χ4n) is 1.65. The molecule has 18 heavy (non-hydrogen) atoms. The van der Waals surface area contributed by atoms with E-state index in [0.717, 1.165) is 0 Å². The number of ketones is 1. The van der Waals surface area contributed by atoms with Crippen LogP contribution in [0, 0.1) is 0 Å². The number of halogens is 1. The van der Waals surface area contributed by atoms with Gasteiger partial charge in [-0.15, -0.1) is 0 Å². The number of aryl methyl sites for hydroxylation is 1. The summed E-state index contributed by atoms with van der Waals surface area (Å²) in [6.07, 6.45) is 5.65. The van der Waals surface area contributed by atoms with Crippen LogP contribution in [0.25, 0.3) is 0 Å². The van der Waals surface area contributed by atoms with E-state index in [1.165, 1.54) is 0 Å². The lowest BCUT2D eigenvalue weighted by Crippen LogP contribution is -3.00. The van der Waals surface area contributed by atoms with E-state index in [0.29, 0.717) is 17.9 Å². The van der Waals surface area contributed by atoms with Crippen LogP contribution in [0.5, 0.6) is 5.75 Å². The van der Waals surface area contributed by atoms with E-state index in [9.17, 15) is 4.79 Å². The van der Waals surface area contributed by atoms with Crippen molar-refractivity contribution in [3.05, 3.63) is 48.5 Å². The fourth-order valence-corrected chi connectivity index (χ4v) is 1.65. The Morgan fingerprint density at radius 2 is 2.22 bits per heavy atom. The summed E-state index contributed by atoms with van der Waals surface area (Å²) < 4.78 is 8.85. The maximum atomic E-state index is 12.0. The second kappa shape index (κ2) is 6.53. The van der Waals surface area contributed by atoms with Crippen LogP contribution in [-0.2, 0) is 13.6 Å². The molecule has 0 saturated heterocycles. The van der Waals surface area contributed by atoms with Gasteiger partial charge in [0, 0.05) is 5.56 Å². The van der Waals surface area contributed by atoms with Gasteiger partial charge in [0.1, 0.15) is 18.1 Å². The van der Waals surface area contributed by atoms with Crippen molar-refractivity contribution in [2.45, 2.75) is 6.54 Å². The molecule has 0 N–H and O–H groups in total. The minimum absolute atomic E-state index is 0. The molecule has 0 fully saturated rings. The second-order valence-corrected chi connectivity index (χ2v) is 3.91. The van der Waals surface area contributed by atoms with Crippen LogP contribution in [0.2, 0.25) is 0 Å². The molecular weight excluding hydrogens is 343 g/mol. The maximum Gasteiger partial charge on any atom is 0.243 e. The van der Waals surface area contributed by atoms with E-state index >= 15 is 0 Å². The van der Waals surface area contributed by atoms with Gasteiger partial charge in [0.15, 0.2) is 6.54 Å². The molecule has 0 aliphatic heterocycles. The van der Waals surface area contributed by atoms with Crippen molar-refractivity contribution in [3.63, 3.8) is 0 Å². The third kappa shape index (κ3) is 3.56. The number of carbonyl (C=O) groups excluding carboxylic acids is 1. The molecule has 4 nitrogen and oxygen atoms in total.